The molecule has 27 heavy (non-hydrogen) atoms. The monoisotopic (exact) mass is 377 g/mol. The molecule has 1 aromatic heterocycles. The van der Waals surface area contributed by atoms with Crippen molar-refractivity contribution in [2.75, 3.05) is 13.6 Å². The van der Waals surface area contributed by atoms with E-state index in [9.17, 15) is 18.0 Å². The van der Waals surface area contributed by atoms with Crippen LogP contribution in [-0.4, -0.2) is 30.0 Å². The van der Waals surface area contributed by atoms with Gasteiger partial charge in [-0.15, -0.1) is 0 Å². The van der Waals surface area contributed by atoms with Gasteiger partial charge in [-0.05, 0) is 74.9 Å². The average Bonchev–Trinajstić information content (AvgIpc) is 3.53. The van der Waals surface area contributed by atoms with Gasteiger partial charge in [-0.2, -0.15) is 13.2 Å². The summed E-state index contributed by atoms with van der Waals surface area (Å²) in [7, 11) is 1.84. The SMILES string of the molecule is CNC1(CNC(=O)c2cc(C)c3cc(C4CC4)cc(C(F)(F)F)c3n2)CC1. The second kappa shape index (κ2) is 6.19. The minimum absolute atomic E-state index is 0.0246. The van der Waals surface area contributed by atoms with Gasteiger partial charge < -0.3 is 10.6 Å². The molecule has 1 aromatic carbocycles. The molecule has 0 saturated heterocycles. The van der Waals surface area contributed by atoms with Gasteiger partial charge in [0.25, 0.3) is 5.91 Å². The number of hydrogen-bond acceptors (Lipinski definition) is 3. The molecule has 0 unspecified atom stereocenters. The maximum absolute atomic E-state index is 13.7. The molecule has 4 nitrogen and oxygen atoms in total. The Kier molecular flexibility index (Phi) is 4.18. The number of fused-ring (bicyclic) bond motifs is 1. The number of hydrogen-bond donors (Lipinski definition) is 2. The van der Waals surface area contributed by atoms with Gasteiger partial charge in [0, 0.05) is 17.5 Å². The van der Waals surface area contributed by atoms with E-state index in [0.717, 1.165) is 25.7 Å². The van der Waals surface area contributed by atoms with Gasteiger partial charge in [0.15, 0.2) is 0 Å². The highest BCUT2D eigenvalue weighted by atomic mass is 19.4. The van der Waals surface area contributed by atoms with Crippen molar-refractivity contribution in [3.05, 3.63) is 40.6 Å². The number of aromatic nitrogens is 1. The average molecular weight is 377 g/mol. The van der Waals surface area contributed by atoms with Crippen LogP contribution >= 0.6 is 0 Å². The highest BCUT2D eigenvalue weighted by Crippen LogP contribution is 2.44. The minimum atomic E-state index is -4.51. The first-order chi connectivity index (χ1) is 12.7. The summed E-state index contributed by atoms with van der Waals surface area (Å²) in [5.41, 5.74) is 0.379. The third kappa shape index (κ3) is 3.52. The second-order valence-electron chi connectivity index (χ2n) is 7.77. The quantitative estimate of drug-likeness (QED) is 0.830. The Morgan fingerprint density at radius 2 is 1.96 bits per heavy atom. The van der Waals surface area contributed by atoms with Gasteiger partial charge in [-0.1, -0.05) is 0 Å². The summed E-state index contributed by atoms with van der Waals surface area (Å²) in [6.07, 6.45) is -0.736. The highest BCUT2D eigenvalue weighted by Gasteiger charge is 2.41. The lowest BCUT2D eigenvalue weighted by molar-refractivity contribution is -0.136. The molecule has 0 atom stereocenters. The van der Waals surface area contributed by atoms with Crippen LogP contribution in [0.5, 0.6) is 0 Å². The molecule has 2 fully saturated rings. The summed E-state index contributed by atoms with van der Waals surface area (Å²) in [6.45, 7) is 2.17. The minimum Gasteiger partial charge on any atom is -0.349 e. The molecule has 2 aliphatic rings. The van der Waals surface area contributed by atoms with E-state index in [1.54, 1.807) is 19.1 Å². The van der Waals surface area contributed by atoms with Crippen LogP contribution in [0.3, 0.4) is 0 Å². The molecular weight excluding hydrogens is 355 g/mol. The Labute approximate surface area is 155 Å². The van der Waals surface area contributed by atoms with Crippen molar-refractivity contribution in [1.82, 2.24) is 15.6 Å². The van der Waals surface area contributed by atoms with Crippen LogP contribution in [0.1, 0.15) is 58.8 Å². The summed E-state index contributed by atoms with van der Waals surface area (Å²) in [6, 6.07) is 4.58. The van der Waals surface area contributed by atoms with E-state index in [1.165, 1.54) is 6.07 Å². The summed E-state index contributed by atoms with van der Waals surface area (Å²) < 4.78 is 41.0. The molecule has 2 aromatic rings. The number of amides is 1. The van der Waals surface area contributed by atoms with Gasteiger partial charge in [0.1, 0.15) is 5.69 Å². The third-order valence-electron chi connectivity index (χ3n) is 5.70. The molecule has 4 rings (SSSR count). The predicted molar refractivity (Wildman–Crippen MR) is 96.8 cm³/mol. The zero-order valence-corrected chi connectivity index (χ0v) is 15.3. The van der Waals surface area contributed by atoms with Gasteiger partial charge >= 0.3 is 6.18 Å². The number of nitrogens with zero attached hydrogens (tertiary/aromatic N) is 1. The molecule has 7 heteroatoms. The molecule has 1 amide bonds. The maximum Gasteiger partial charge on any atom is 0.418 e. The molecule has 2 aliphatic carbocycles. The first kappa shape index (κ1) is 18.2. The zero-order chi connectivity index (χ0) is 19.4. The summed E-state index contributed by atoms with van der Waals surface area (Å²) >= 11 is 0. The Bertz CT molecular complexity index is 915. The number of halogens is 3. The van der Waals surface area contributed by atoms with Crippen LogP contribution in [0, 0.1) is 6.92 Å². The number of carbonyl (C=O) groups excluding carboxylic acids is 1. The van der Waals surface area contributed by atoms with Crippen LogP contribution in [0.25, 0.3) is 10.9 Å². The van der Waals surface area contributed by atoms with Crippen molar-refractivity contribution >= 4 is 16.8 Å². The first-order valence-electron chi connectivity index (χ1n) is 9.22. The third-order valence-corrected chi connectivity index (χ3v) is 5.70. The maximum atomic E-state index is 13.7. The van der Waals surface area contributed by atoms with E-state index in [1.807, 2.05) is 7.05 Å². The number of aryl methyl sites for hydroxylation is 1. The van der Waals surface area contributed by atoms with Crippen LogP contribution in [-0.2, 0) is 6.18 Å². The number of carbonyl (C=O) groups is 1. The molecule has 0 spiro atoms. The largest absolute Gasteiger partial charge is 0.418 e. The summed E-state index contributed by atoms with van der Waals surface area (Å²) in [5.74, 6) is -0.241. The number of benzene rings is 1. The van der Waals surface area contributed by atoms with E-state index >= 15 is 0 Å². The van der Waals surface area contributed by atoms with E-state index in [4.69, 9.17) is 0 Å². The van der Waals surface area contributed by atoms with Gasteiger partial charge in [0.2, 0.25) is 0 Å². The smallest absolute Gasteiger partial charge is 0.349 e. The fourth-order valence-corrected chi connectivity index (χ4v) is 3.50. The van der Waals surface area contributed by atoms with E-state index in [2.05, 4.69) is 15.6 Å². The predicted octanol–water partition coefficient (Wildman–Crippen LogP) is 3.92. The van der Waals surface area contributed by atoms with Crippen molar-refractivity contribution in [1.29, 1.82) is 0 Å². The second-order valence-corrected chi connectivity index (χ2v) is 7.77. The number of pyridine rings is 1. The molecule has 2 saturated carbocycles. The molecule has 0 bridgehead atoms. The summed E-state index contributed by atoms with van der Waals surface area (Å²) in [4.78, 5) is 16.6. The van der Waals surface area contributed by atoms with Crippen LogP contribution in [0.15, 0.2) is 18.2 Å². The molecule has 0 aliphatic heterocycles. The molecule has 1 heterocycles. The van der Waals surface area contributed by atoms with Gasteiger partial charge in [0.05, 0.1) is 11.1 Å². The molecule has 144 valence electrons. The van der Waals surface area contributed by atoms with Crippen molar-refractivity contribution < 1.29 is 18.0 Å². The number of nitrogens with one attached hydrogen (secondary N) is 2. The number of alkyl halides is 3. The zero-order valence-electron chi connectivity index (χ0n) is 15.3. The van der Waals surface area contributed by atoms with E-state index in [-0.39, 0.29) is 22.7 Å². The Hall–Kier alpha value is -2.15. The van der Waals surface area contributed by atoms with Crippen LogP contribution in [0.4, 0.5) is 13.2 Å². The molecule has 0 radical (unpaired) electrons. The van der Waals surface area contributed by atoms with E-state index in [0.29, 0.717) is 23.1 Å². The fourth-order valence-electron chi connectivity index (χ4n) is 3.50. The Balaban J connectivity index is 1.73. The van der Waals surface area contributed by atoms with Crippen molar-refractivity contribution in [2.45, 2.75) is 50.2 Å². The van der Waals surface area contributed by atoms with Crippen molar-refractivity contribution in [2.24, 2.45) is 0 Å². The van der Waals surface area contributed by atoms with Crippen molar-refractivity contribution in [3.8, 4) is 0 Å². The normalized spacial score (nSPS) is 18.6. The van der Waals surface area contributed by atoms with E-state index < -0.39 is 17.6 Å². The van der Waals surface area contributed by atoms with Crippen LogP contribution in [0.2, 0.25) is 0 Å². The fraction of sp³-hybridized carbons (Fsp3) is 0.500. The lowest BCUT2D eigenvalue weighted by atomic mass is 9.98. The highest BCUT2D eigenvalue weighted by molar-refractivity contribution is 5.97. The Morgan fingerprint density at radius 3 is 2.52 bits per heavy atom. The number of rotatable bonds is 5. The number of likely N-dealkylation sites (N-methyl/N-ethyl adjacent to an activating group) is 1. The van der Waals surface area contributed by atoms with Gasteiger partial charge in [-0.3, -0.25) is 4.79 Å². The lowest BCUT2D eigenvalue weighted by Gasteiger charge is -2.17. The Morgan fingerprint density at radius 1 is 1.26 bits per heavy atom. The topological polar surface area (TPSA) is 54.0 Å². The van der Waals surface area contributed by atoms with Crippen molar-refractivity contribution in [3.63, 3.8) is 0 Å². The van der Waals surface area contributed by atoms with Crippen LogP contribution < -0.4 is 10.6 Å². The first-order valence-corrected chi connectivity index (χ1v) is 9.22. The molecule has 2 N–H and O–H groups in total. The lowest BCUT2D eigenvalue weighted by Crippen LogP contribution is -2.41. The van der Waals surface area contributed by atoms with Gasteiger partial charge in [-0.25, -0.2) is 4.98 Å². The summed E-state index contributed by atoms with van der Waals surface area (Å²) in [5, 5.41) is 6.43. The molecular formula is C20H22F3N3O. The standard InChI is InChI=1S/C20H22F3N3O/c1-11-7-16(18(27)25-10-19(24-2)5-6-19)26-17-14(11)8-13(12-3-4-12)9-15(17)20(21,22)23/h7-9,12,24H,3-6,10H2,1-2H3,(H,25,27).